The zero-order valence-electron chi connectivity index (χ0n) is 27.1. The molecule has 1 N–H and O–H groups in total. The van der Waals surface area contributed by atoms with E-state index >= 15 is 0 Å². The number of hydrogen-bond donors (Lipinski definition) is 1. The molecular weight excluding hydrogens is 580 g/mol. The molecule has 45 heavy (non-hydrogen) atoms. The number of amides is 3. The molecule has 1 aromatic carbocycles. The van der Waals surface area contributed by atoms with Gasteiger partial charge < -0.3 is 29.2 Å². The van der Waals surface area contributed by atoms with Crippen molar-refractivity contribution in [2.45, 2.75) is 89.6 Å². The number of methoxy groups -OCH3 is 2. The van der Waals surface area contributed by atoms with Crippen molar-refractivity contribution < 1.29 is 38.1 Å². The predicted molar refractivity (Wildman–Crippen MR) is 165 cm³/mol. The van der Waals surface area contributed by atoms with E-state index in [2.05, 4.69) is 10.3 Å². The summed E-state index contributed by atoms with van der Waals surface area (Å²) < 4.78 is 22.3. The number of carbonyl (C=O) groups is 4. The lowest BCUT2D eigenvalue weighted by molar-refractivity contribution is -0.149. The number of fused-ring (bicyclic) bond motifs is 1. The van der Waals surface area contributed by atoms with E-state index in [1.165, 1.54) is 16.9 Å². The lowest BCUT2D eigenvalue weighted by atomic mass is 9.84. The minimum Gasteiger partial charge on any atom is -0.497 e. The molecule has 3 fully saturated rings. The fourth-order valence-electron chi connectivity index (χ4n) is 6.44. The highest BCUT2D eigenvalue weighted by molar-refractivity contribution is 5.96. The van der Waals surface area contributed by atoms with Crippen LogP contribution in [0.4, 0.5) is 4.79 Å². The monoisotopic (exact) mass is 624 g/mol. The summed E-state index contributed by atoms with van der Waals surface area (Å²) >= 11 is 0. The Morgan fingerprint density at radius 3 is 2.47 bits per heavy atom. The third-order valence-electron chi connectivity index (χ3n) is 9.08. The third-order valence-corrected chi connectivity index (χ3v) is 9.08. The molecule has 0 bridgehead atoms. The summed E-state index contributed by atoms with van der Waals surface area (Å²) in [5.74, 6) is -0.385. The van der Waals surface area contributed by atoms with Gasteiger partial charge in [-0.25, -0.2) is 14.6 Å². The Hall–Kier alpha value is -4.09. The second kappa shape index (κ2) is 12.4. The first-order valence-corrected chi connectivity index (χ1v) is 15.6. The summed E-state index contributed by atoms with van der Waals surface area (Å²) in [6.07, 6.45) is 3.24. The fourth-order valence-corrected chi connectivity index (χ4v) is 6.44. The molecule has 2 saturated carbocycles. The van der Waals surface area contributed by atoms with E-state index in [1.54, 1.807) is 20.4 Å². The highest BCUT2D eigenvalue weighted by Gasteiger charge is 2.62. The molecule has 0 spiro atoms. The summed E-state index contributed by atoms with van der Waals surface area (Å²) in [6.45, 7) is 7.63. The summed E-state index contributed by atoms with van der Waals surface area (Å²) in [7, 11) is 4.44. The van der Waals surface area contributed by atoms with Gasteiger partial charge in [-0.1, -0.05) is 34.1 Å². The molecule has 244 valence electrons. The van der Waals surface area contributed by atoms with E-state index < -0.39 is 53.0 Å². The van der Waals surface area contributed by atoms with E-state index in [0.717, 1.165) is 23.6 Å². The Kier molecular flexibility index (Phi) is 8.88. The number of pyridine rings is 1. The summed E-state index contributed by atoms with van der Waals surface area (Å²) in [4.78, 5) is 61.5. The number of nitrogens with zero attached hydrogens (tertiary/aromatic N) is 3. The standard InChI is InChI=1S/C33H44N4O8/c1-8-20-17-33(20,30(40)43-7)35-27(38)25-16-23(44-28-24-12-11-22(42-6)15-19(24)13-14-34-28)18-37(25)29(39)26(32(2,3)4)36(5)31(41)45-21-9-10-21/h11-15,20-21,23,25-26H,8-10,16-18H2,1-7H3,(H,35,38). The van der Waals surface area contributed by atoms with Crippen LogP contribution in [-0.4, -0.2) is 96.3 Å². The number of ether oxygens (including phenoxy) is 4. The summed E-state index contributed by atoms with van der Waals surface area (Å²) in [6, 6.07) is 5.50. The van der Waals surface area contributed by atoms with E-state index in [0.29, 0.717) is 24.5 Å². The van der Waals surface area contributed by atoms with E-state index in [4.69, 9.17) is 18.9 Å². The van der Waals surface area contributed by atoms with Gasteiger partial charge in [0.2, 0.25) is 17.7 Å². The smallest absolute Gasteiger partial charge is 0.410 e. The molecule has 0 radical (unpaired) electrons. The average molecular weight is 625 g/mol. The molecular formula is C33H44N4O8. The lowest BCUT2D eigenvalue weighted by Gasteiger charge is -2.39. The quantitative estimate of drug-likeness (QED) is 0.393. The van der Waals surface area contributed by atoms with Crippen LogP contribution in [0.1, 0.15) is 59.8 Å². The first-order valence-electron chi connectivity index (χ1n) is 15.6. The van der Waals surface area contributed by atoms with Crippen LogP contribution in [0, 0.1) is 11.3 Å². The van der Waals surface area contributed by atoms with Crippen LogP contribution in [0.25, 0.3) is 10.8 Å². The number of likely N-dealkylation sites (tertiary alicyclic amines) is 1. The molecule has 5 unspecified atom stereocenters. The Bertz CT molecular complexity index is 1470. The maximum atomic E-state index is 14.4. The van der Waals surface area contributed by atoms with Crippen LogP contribution in [0.15, 0.2) is 30.5 Å². The molecule has 1 aliphatic heterocycles. The molecule has 3 aliphatic rings. The van der Waals surface area contributed by atoms with Crippen molar-refractivity contribution in [3.8, 4) is 11.6 Å². The highest BCUT2D eigenvalue weighted by Crippen LogP contribution is 2.47. The van der Waals surface area contributed by atoms with E-state index in [-0.39, 0.29) is 25.0 Å². The molecule has 2 heterocycles. The van der Waals surface area contributed by atoms with Crippen molar-refractivity contribution >= 4 is 34.6 Å². The van der Waals surface area contributed by atoms with Crippen LogP contribution in [0.2, 0.25) is 0 Å². The second-order valence-corrected chi connectivity index (χ2v) is 13.4. The Morgan fingerprint density at radius 1 is 1.13 bits per heavy atom. The molecule has 5 rings (SSSR count). The zero-order valence-corrected chi connectivity index (χ0v) is 27.1. The van der Waals surface area contributed by atoms with Gasteiger partial charge in [0.05, 0.1) is 20.8 Å². The molecule has 2 aliphatic carbocycles. The van der Waals surface area contributed by atoms with Crippen LogP contribution in [0.5, 0.6) is 11.6 Å². The third kappa shape index (κ3) is 6.50. The maximum Gasteiger partial charge on any atom is 0.410 e. The van der Waals surface area contributed by atoms with Gasteiger partial charge in [-0.15, -0.1) is 0 Å². The number of esters is 1. The van der Waals surface area contributed by atoms with E-state index in [9.17, 15) is 19.2 Å². The average Bonchev–Trinajstić information content (AvgIpc) is 3.92. The number of likely N-dealkylation sites (N-methyl/N-ethyl adjacent to an activating group) is 1. The van der Waals surface area contributed by atoms with Crippen LogP contribution >= 0.6 is 0 Å². The van der Waals surface area contributed by atoms with Gasteiger partial charge in [-0.3, -0.25) is 14.5 Å². The largest absolute Gasteiger partial charge is 0.497 e. The molecule has 1 aromatic heterocycles. The number of benzene rings is 1. The number of hydrogen-bond acceptors (Lipinski definition) is 9. The minimum atomic E-state index is -1.13. The number of rotatable bonds is 10. The zero-order chi connectivity index (χ0) is 32.7. The fraction of sp³-hybridized carbons (Fsp3) is 0.606. The van der Waals surface area contributed by atoms with Crippen molar-refractivity contribution in [2.24, 2.45) is 11.3 Å². The van der Waals surface area contributed by atoms with Crippen LogP contribution in [-0.2, 0) is 23.9 Å². The van der Waals surface area contributed by atoms with E-state index in [1.807, 2.05) is 52.0 Å². The first-order chi connectivity index (χ1) is 21.3. The number of nitrogens with one attached hydrogen (secondary N) is 1. The van der Waals surface area contributed by atoms with Crippen molar-refractivity contribution in [2.75, 3.05) is 27.8 Å². The van der Waals surface area contributed by atoms with Gasteiger partial charge in [0.25, 0.3) is 0 Å². The lowest BCUT2D eigenvalue weighted by Crippen LogP contribution is -2.59. The van der Waals surface area contributed by atoms with Gasteiger partial charge in [-0.05, 0) is 60.2 Å². The first kappa shape index (κ1) is 32.3. The molecule has 12 heteroatoms. The Labute approximate surface area is 263 Å². The summed E-state index contributed by atoms with van der Waals surface area (Å²) in [5, 5.41) is 4.56. The molecule has 3 amide bonds. The van der Waals surface area contributed by atoms with Crippen molar-refractivity contribution in [3.05, 3.63) is 30.5 Å². The van der Waals surface area contributed by atoms with Crippen molar-refractivity contribution in [1.82, 2.24) is 20.1 Å². The minimum absolute atomic E-state index is 0.0611. The predicted octanol–water partition coefficient (Wildman–Crippen LogP) is 3.70. The second-order valence-electron chi connectivity index (χ2n) is 13.4. The Balaban J connectivity index is 1.45. The maximum absolute atomic E-state index is 14.4. The Morgan fingerprint density at radius 2 is 1.87 bits per heavy atom. The topological polar surface area (TPSA) is 137 Å². The van der Waals surface area contributed by atoms with Crippen molar-refractivity contribution in [3.63, 3.8) is 0 Å². The van der Waals surface area contributed by atoms with Crippen molar-refractivity contribution in [1.29, 1.82) is 0 Å². The summed E-state index contributed by atoms with van der Waals surface area (Å²) in [5.41, 5.74) is -1.82. The number of carbonyl (C=O) groups excluding carboxylic acids is 4. The van der Waals surface area contributed by atoms with Crippen LogP contribution < -0.4 is 14.8 Å². The van der Waals surface area contributed by atoms with Gasteiger partial charge in [0.1, 0.15) is 35.6 Å². The van der Waals surface area contributed by atoms with Gasteiger partial charge in [0, 0.05) is 25.1 Å². The number of aromatic nitrogens is 1. The SMILES string of the molecule is CCC1CC1(NC(=O)C1CC(Oc2nccc3cc(OC)ccc23)CN1C(=O)C(N(C)C(=O)OC1CC1)C(C)(C)C)C(=O)OC. The molecule has 2 aromatic rings. The highest BCUT2D eigenvalue weighted by atomic mass is 16.6. The molecule has 1 saturated heterocycles. The van der Waals surface area contributed by atoms with Crippen LogP contribution in [0.3, 0.4) is 0 Å². The van der Waals surface area contributed by atoms with Gasteiger partial charge in [-0.2, -0.15) is 0 Å². The molecule has 5 atom stereocenters. The normalized spacial score (nSPS) is 24.9. The van der Waals surface area contributed by atoms with Gasteiger partial charge >= 0.3 is 12.1 Å². The molecule has 12 nitrogen and oxygen atoms in total. The van der Waals surface area contributed by atoms with Gasteiger partial charge in [0.15, 0.2) is 0 Å².